The number of nitrogens with zero attached hydrogens (tertiary/aromatic N) is 2. The first-order valence-electron chi connectivity index (χ1n) is 8.99. The zero-order valence-electron chi connectivity index (χ0n) is 14.4. The number of aromatic amines is 1. The molecular formula is C19H23N3O2S. The molecular weight excluding hydrogens is 334 g/mol. The number of benzene rings is 1. The molecule has 2 aromatic rings. The summed E-state index contributed by atoms with van der Waals surface area (Å²) in [5.74, 6) is 1.03. The Morgan fingerprint density at radius 2 is 1.84 bits per heavy atom. The first-order chi connectivity index (χ1) is 12.1. The van der Waals surface area contributed by atoms with Crippen molar-refractivity contribution in [3.05, 3.63) is 45.7 Å². The van der Waals surface area contributed by atoms with Crippen LogP contribution < -0.4 is 5.56 Å². The van der Waals surface area contributed by atoms with Crippen LogP contribution in [0.15, 0.2) is 34.1 Å². The maximum atomic E-state index is 12.8. The Morgan fingerprint density at radius 1 is 1.16 bits per heavy atom. The van der Waals surface area contributed by atoms with E-state index in [1.807, 2.05) is 23.7 Å². The number of nitrogens with one attached hydrogen (secondary N) is 1. The molecule has 0 radical (unpaired) electrons. The molecule has 0 amide bonds. The number of rotatable bonds is 2. The molecule has 132 valence electrons. The van der Waals surface area contributed by atoms with Gasteiger partial charge in [-0.2, -0.15) is 0 Å². The van der Waals surface area contributed by atoms with Crippen molar-refractivity contribution in [3.8, 4) is 5.75 Å². The van der Waals surface area contributed by atoms with Crippen molar-refractivity contribution in [1.29, 1.82) is 0 Å². The number of phenols is 1. The van der Waals surface area contributed by atoms with Gasteiger partial charge in [-0.1, -0.05) is 49.6 Å². The molecule has 5 nitrogen and oxygen atoms in total. The monoisotopic (exact) mass is 357 g/mol. The molecule has 1 aromatic heterocycles. The van der Waals surface area contributed by atoms with Crippen molar-refractivity contribution < 1.29 is 5.11 Å². The molecule has 6 heteroatoms. The number of aromatic nitrogens is 2. The van der Waals surface area contributed by atoms with Crippen molar-refractivity contribution in [2.24, 2.45) is 4.99 Å². The highest BCUT2D eigenvalue weighted by atomic mass is 32.2. The zero-order valence-corrected chi connectivity index (χ0v) is 15.2. The van der Waals surface area contributed by atoms with Crippen molar-refractivity contribution in [2.45, 2.75) is 56.7 Å². The van der Waals surface area contributed by atoms with E-state index in [0.29, 0.717) is 6.04 Å². The van der Waals surface area contributed by atoms with E-state index in [2.05, 4.69) is 5.10 Å². The van der Waals surface area contributed by atoms with Crippen molar-refractivity contribution in [3.63, 3.8) is 0 Å². The summed E-state index contributed by atoms with van der Waals surface area (Å²) in [6.45, 7) is 2.00. The second-order valence-electron chi connectivity index (χ2n) is 6.91. The Morgan fingerprint density at radius 3 is 2.52 bits per heavy atom. The van der Waals surface area contributed by atoms with Gasteiger partial charge >= 0.3 is 0 Å². The number of phenolic OH excluding ortho intramolecular Hbond substituents is 1. The Bertz CT molecular complexity index is 843. The molecule has 4 rings (SSSR count). The van der Waals surface area contributed by atoms with Gasteiger partial charge in [-0.25, -0.2) is 4.99 Å². The highest BCUT2D eigenvalue weighted by molar-refractivity contribution is 8.14. The topological polar surface area (TPSA) is 70.4 Å². The minimum absolute atomic E-state index is 0.0407. The molecule has 2 heterocycles. The zero-order chi connectivity index (χ0) is 17.4. The largest absolute Gasteiger partial charge is 0.508 e. The highest BCUT2D eigenvalue weighted by Gasteiger charge is 2.31. The van der Waals surface area contributed by atoms with Crippen molar-refractivity contribution >= 4 is 22.6 Å². The third-order valence-corrected chi connectivity index (χ3v) is 6.31. The normalized spacial score (nSPS) is 21.5. The molecule has 0 unspecified atom stereocenters. The summed E-state index contributed by atoms with van der Waals surface area (Å²) in [6, 6.07) is 7.45. The van der Waals surface area contributed by atoms with Crippen LogP contribution in [-0.2, 0) is 0 Å². The molecule has 25 heavy (non-hydrogen) atoms. The van der Waals surface area contributed by atoms with E-state index in [1.165, 1.54) is 25.7 Å². The lowest BCUT2D eigenvalue weighted by Gasteiger charge is -2.23. The van der Waals surface area contributed by atoms with Gasteiger partial charge in [0.2, 0.25) is 0 Å². The van der Waals surface area contributed by atoms with Crippen LogP contribution in [0.4, 0.5) is 5.82 Å². The summed E-state index contributed by atoms with van der Waals surface area (Å²) < 4.78 is 2.03. The molecule has 1 aliphatic heterocycles. The highest BCUT2D eigenvalue weighted by Crippen LogP contribution is 2.45. The molecule has 1 atom stereocenters. The minimum atomic E-state index is -0.0797. The fourth-order valence-electron chi connectivity index (χ4n) is 3.87. The van der Waals surface area contributed by atoms with E-state index in [4.69, 9.17) is 4.99 Å². The van der Waals surface area contributed by atoms with Crippen molar-refractivity contribution in [1.82, 2.24) is 9.78 Å². The Hall–Kier alpha value is -1.95. The van der Waals surface area contributed by atoms with E-state index in [0.717, 1.165) is 34.8 Å². The SMILES string of the molecule is CC1=Nc2c(c(=O)[nH]n2C2CCCCCC2)[C@@H](c2ccc(O)cc2)S1. The Kier molecular flexibility index (Phi) is 4.46. The number of aliphatic imine (C=N–C) groups is 1. The van der Waals surface area contributed by atoms with Crippen molar-refractivity contribution in [2.75, 3.05) is 0 Å². The lowest BCUT2D eigenvalue weighted by molar-refractivity contribution is 0.407. The van der Waals surface area contributed by atoms with Crippen LogP contribution >= 0.6 is 11.8 Å². The molecule has 0 saturated heterocycles. The quantitative estimate of drug-likeness (QED) is 0.768. The van der Waals surface area contributed by atoms with Gasteiger partial charge < -0.3 is 5.11 Å². The van der Waals surface area contributed by atoms with Gasteiger partial charge in [0.1, 0.15) is 5.75 Å². The number of fused-ring (bicyclic) bond motifs is 1. The summed E-state index contributed by atoms with van der Waals surface area (Å²) in [4.78, 5) is 17.5. The van der Waals surface area contributed by atoms with Gasteiger partial charge in [0, 0.05) is 0 Å². The number of H-pyrrole nitrogens is 1. The maximum Gasteiger partial charge on any atom is 0.271 e. The molecule has 2 N–H and O–H groups in total. The predicted molar refractivity (Wildman–Crippen MR) is 102 cm³/mol. The van der Waals surface area contributed by atoms with Gasteiger partial charge in [-0.3, -0.25) is 14.6 Å². The maximum absolute atomic E-state index is 12.8. The summed E-state index contributed by atoms with van der Waals surface area (Å²) in [5, 5.41) is 13.5. The van der Waals surface area contributed by atoms with Gasteiger partial charge in [-0.05, 0) is 37.5 Å². The molecule has 0 bridgehead atoms. The van der Waals surface area contributed by atoms with Crippen LogP contribution in [0.3, 0.4) is 0 Å². The molecule has 0 spiro atoms. The number of hydrogen-bond donors (Lipinski definition) is 2. The van der Waals surface area contributed by atoms with Crippen LogP contribution in [0, 0.1) is 0 Å². The van der Waals surface area contributed by atoms with Crippen LogP contribution in [0.5, 0.6) is 5.75 Å². The van der Waals surface area contributed by atoms with Gasteiger partial charge in [-0.15, -0.1) is 0 Å². The standard InChI is InChI=1S/C19H23N3O2S/c1-12-20-18-16(17(25-12)13-8-10-15(23)11-9-13)19(24)21-22(18)14-6-4-2-3-5-7-14/h8-11,14,17,23H,2-7H2,1H3,(H,21,24)/t17-/m1/s1. The van der Waals surface area contributed by atoms with Gasteiger partial charge in [0.05, 0.1) is 21.9 Å². The first kappa shape index (κ1) is 16.5. The van der Waals surface area contributed by atoms with E-state index < -0.39 is 0 Å². The summed E-state index contributed by atoms with van der Waals surface area (Å²) >= 11 is 1.60. The molecule has 1 fully saturated rings. The lowest BCUT2D eigenvalue weighted by Crippen LogP contribution is -2.13. The van der Waals surface area contributed by atoms with Crippen LogP contribution in [0.25, 0.3) is 0 Å². The van der Waals surface area contributed by atoms with E-state index >= 15 is 0 Å². The summed E-state index contributed by atoms with van der Waals surface area (Å²) in [7, 11) is 0. The third kappa shape index (κ3) is 3.15. The third-order valence-electron chi connectivity index (χ3n) is 5.14. The van der Waals surface area contributed by atoms with Crippen LogP contribution in [0.1, 0.15) is 67.9 Å². The minimum Gasteiger partial charge on any atom is -0.508 e. The molecule has 1 aromatic carbocycles. The number of thioether (sulfide) groups is 1. The van der Waals surface area contributed by atoms with E-state index in [9.17, 15) is 9.90 Å². The average Bonchev–Trinajstić information content (AvgIpc) is 2.78. The summed E-state index contributed by atoms with van der Waals surface area (Å²) in [5.41, 5.74) is 1.72. The fraction of sp³-hybridized carbons (Fsp3) is 0.474. The van der Waals surface area contributed by atoms with E-state index in [-0.39, 0.29) is 16.6 Å². The lowest BCUT2D eigenvalue weighted by atomic mass is 10.1. The van der Waals surface area contributed by atoms with Gasteiger partial charge in [0.25, 0.3) is 5.56 Å². The fourth-order valence-corrected chi connectivity index (χ4v) is 4.98. The molecule has 1 aliphatic carbocycles. The molecule has 1 saturated carbocycles. The Balaban J connectivity index is 1.79. The predicted octanol–water partition coefficient (Wildman–Crippen LogP) is 4.66. The smallest absolute Gasteiger partial charge is 0.271 e. The first-order valence-corrected chi connectivity index (χ1v) is 9.87. The van der Waals surface area contributed by atoms with Crippen LogP contribution in [0.2, 0.25) is 0 Å². The Labute approximate surface area is 151 Å². The second-order valence-corrected chi connectivity index (χ2v) is 8.21. The molecule has 2 aliphatic rings. The van der Waals surface area contributed by atoms with Gasteiger partial charge in [0.15, 0.2) is 5.82 Å². The van der Waals surface area contributed by atoms with E-state index in [1.54, 1.807) is 23.9 Å². The second kappa shape index (κ2) is 6.75. The number of hydrogen-bond acceptors (Lipinski definition) is 4. The number of aromatic hydroxyl groups is 1. The average molecular weight is 357 g/mol. The summed E-state index contributed by atoms with van der Waals surface area (Å²) in [6.07, 6.45) is 7.17. The van der Waals surface area contributed by atoms with Crippen LogP contribution in [-0.4, -0.2) is 19.9 Å².